The third kappa shape index (κ3) is 5.88. The van der Waals surface area contributed by atoms with Crippen molar-refractivity contribution in [2.75, 3.05) is 13.6 Å². The van der Waals surface area contributed by atoms with Crippen molar-refractivity contribution in [2.45, 2.75) is 11.7 Å². The lowest BCUT2D eigenvalue weighted by atomic mass is 10.3. The Morgan fingerprint density at radius 2 is 1.94 bits per heavy atom. The highest BCUT2D eigenvalue weighted by Crippen LogP contribution is 2.07. The van der Waals surface area contributed by atoms with E-state index in [0.29, 0.717) is 6.26 Å². The molecule has 0 spiro atoms. The SMILES string of the molecule is CN(CC(CC(=O)O)S(=O)(=O)O)C(=O)/C=C\O. The molecule has 0 aromatic rings. The lowest BCUT2D eigenvalue weighted by Gasteiger charge is -2.19. The van der Waals surface area contributed by atoms with Gasteiger partial charge in [-0.15, -0.1) is 0 Å². The largest absolute Gasteiger partial charge is 0.515 e. The van der Waals surface area contributed by atoms with Gasteiger partial charge in [-0.2, -0.15) is 8.42 Å². The van der Waals surface area contributed by atoms with E-state index in [2.05, 4.69) is 0 Å². The summed E-state index contributed by atoms with van der Waals surface area (Å²) in [5.74, 6) is -2.13. The summed E-state index contributed by atoms with van der Waals surface area (Å²) in [6, 6.07) is 0. The van der Waals surface area contributed by atoms with Crippen molar-refractivity contribution >= 4 is 22.0 Å². The van der Waals surface area contributed by atoms with Crippen molar-refractivity contribution in [3.8, 4) is 0 Å². The molecule has 1 unspecified atom stereocenters. The Labute approximate surface area is 97.9 Å². The van der Waals surface area contributed by atoms with Crippen molar-refractivity contribution in [3.63, 3.8) is 0 Å². The molecular weight excluding hydrogens is 254 g/mol. The first kappa shape index (κ1) is 15.4. The van der Waals surface area contributed by atoms with Crippen LogP contribution in [0.4, 0.5) is 0 Å². The van der Waals surface area contributed by atoms with E-state index in [1.54, 1.807) is 0 Å². The molecule has 0 fully saturated rings. The van der Waals surface area contributed by atoms with Gasteiger partial charge in [-0.3, -0.25) is 14.1 Å². The highest BCUT2D eigenvalue weighted by molar-refractivity contribution is 7.86. The highest BCUT2D eigenvalue weighted by Gasteiger charge is 2.28. The van der Waals surface area contributed by atoms with Crippen LogP contribution in [0, 0.1) is 0 Å². The summed E-state index contributed by atoms with van der Waals surface area (Å²) >= 11 is 0. The zero-order valence-corrected chi connectivity index (χ0v) is 9.79. The van der Waals surface area contributed by atoms with Crippen molar-refractivity contribution in [3.05, 3.63) is 12.3 Å². The fourth-order valence-corrected chi connectivity index (χ4v) is 1.81. The van der Waals surface area contributed by atoms with Gasteiger partial charge in [-0.25, -0.2) is 0 Å². The summed E-state index contributed by atoms with van der Waals surface area (Å²) in [5.41, 5.74) is 0. The first-order valence-electron chi connectivity index (χ1n) is 4.42. The molecule has 1 atom stereocenters. The smallest absolute Gasteiger partial charge is 0.304 e. The van der Waals surface area contributed by atoms with Crippen LogP contribution in [-0.4, -0.2) is 58.8 Å². The third-order valence-corrected chi connectivity index (χ3v) is 3.05. The fourth-order valence-electron chi connectivity index (χ4n) is 1.05. The number of carboxylic acids is 1. The molecule has 0 bridgehead atoms. The Kier molecular flexibility index (Phi) is 5.62. The minimum atomic E-state index is -4.56. The summed E-state index contributed by atoms with van der Waals surface area (Å²) in [7, 11) is -3.35. The maximum absolute atomic E-state index is 11.1. The van der Waals surface area contributed by atoms with Crippen LogP contribution in [0.3, 0.4) is 0 Å². The van der Waals surface area contributed by atoms with Gasteiger partial charge in [0.2, 0.25) is 5.91 Å². The number of likely N-dealkylation sites (N-methyl/N-ethyl adjacent to an activating group) is 1. The maximum atomic E-state index is 11.1. The van der Waals surface area contributed by atoms with Gasteiger partial charge in [-0.1, -0.05) is 0 Å². The van der Waals surface area contributed by atoms with E-state index in [-0.39, 0.29) is 0 Å². The Morgan fingerprint density at radius 3 is 2.29 bits per heavy atom. The van der Waals surface area contributed by atoms with Crippen LogP contribution in [0.15, 0.2) is 12.3 Å². The van der Waals surface area contributed by atoms with Gasteiger partial charge in [-0.05, 0) is 0 Å². The molecule has 0 aromatic carbocycles. The zero-order chi connectivity index (χ0) is 13.6. The number of hydrogen-bond donors (Lipinski definition) is 3. The molecule has 0 aromatic heterocycles. The van der Waals surface area contributed by atoms with Gasteiger partial charge in [0.25, 0.3) is 10.1 Å². The number of amides is 1. The third-order valence-electron chi connectivity index (χ3n) is 1.89. The molecule has 0 rings (SSSR count). The predicted octanol–water partition coefficient (Wildman–Crippen LogP) is -0.752. The number of carbonyl (C=O) groups is 2. The number of aliphatic carboxylic acids is 1. The molecule has 3 N–H and O–H groups in total. The van der Waals surface area contributed by atoms with E-state index in [1.807, 2.05) is 0 Å². The summed E-state index contributed by atoms with van der Waals surface area (Å²) in [5, 5.41) is 15.2. The van der Waals surface area contributed by atoms with Crippen LogP contribution in [0.25, 0.3) is 0 Å². The first-order chi connectivity index (χ1) is 7.68. The second-order valence-corrected chi connectivity index (χ2v) is 4.97. The molecule has 0 saturated heterocycles. The fraction of sp³-hybridized carbons (Fsp3) is 0.500. The summed E-state index contributed by atoms with van der Waals surface area (Å²) in [4.78, 5) is 22.4. The molecule has 0 aliphatic carbocycles. The van der Waals surface area contributed by atoms with E-state index < -0.39 is 40.2 Å². The normalized spacial score (nSPS) is 13.5. The van der Waals surface area contributed by atoms with E-state index in [4.69, 9.17) is 14.8 Å². The number of hydrogen-bond acceptors (Lipinski definition) is 5. The Balaban J connectivity index is 4.77. The Bertz CT molecular complexity index is 414. The molecule has 98 valence electrons. The summed E-state index contributed by atoms with van der Waals surface area (Å²) in [6.45, 7) is -0.492. The van der Waals surface area contributed by atoms with Crippen molar-refractivity contribution < 1.29 is 32.8 Å². The lowest BCUT2D eigenvalue weighted by molar-refractivity contribution is -0.137. The molecule has 9 heteroatoms. The van der Waals surface area contributed by atoms with Gasteiger partial charge in [0, 0.05) is 19.7 Å². The monoisotopic (exact) mass is 267 g/mol. The minimum Gasteiger partial charge on any atom is -0.515 e. The van der Waals surface area contributed by atoms with Crippen LogP contribution in [0.5, 0.6) is 0 Å². The number of carboxylic acid groups (broad SMARTS) is 1. The van der Waals surface area contributed by atoms with Crippen molar-refractivity contribution in [1.29, 1.82) is 0 Å². The topological polar surface area (TPSA) is 132 Å². The average molecular weight is 267 g/mol. The first-order valence-corrected chi connectivity index (χ1v) is 5.92. The van der Waals surface area contributed by atoms with Gasteiger partial charge >= 0.3 is 5.97 Å². The summed E-state index contributed by atoms with van der Waals surface area (Å²) < 4.78 is 30.5. The Hall–Kier alpha value is -1.61. The second-order valence-electron chi connectivity index (χ2n) is 3.27. The van der Waals surface area contributed by atoms with Crippen molar-refractivity contribution in [2.24, 2.45) is 0 Å². The average Bonchev–Trinajstić information content (AvgIpc) is 2.14. The molecule has 0 radical (unpaired) electrons. The molecule has 0 saturated carbocycles. The van der Waals surface area contributed by atoms with Crippen LogP contribution in [0.1, 0.15) is 6.42 Å². The molecule has 8 nitrogen and oxygen atoms in total. The van der Waals surface area contributed by atoms with Crippen LogP contribution in [0.2, 0.25) is 0 Å². The quantitative estimate of drug-likeness (QED) is 0.327. The van der Waals surface area contributed by atoms with Crippen molar-refractivity contribution in [1.82, 2.24) is 4.90 Å². The van der Waals surface area contributed by atoms with E-state index in [0.717, 1.165) is 11.0 Å². The van der Waals surface area contributed by atoms with Crippen LogP contribution >= 0.6 is 0 Å². The van der Waals surface area contributed by atoms with Crippen LogP contribution < -0.4 is 0 Å². The molecule has 0 heterocycles. The maximum Gasteiger partial charge on any atom is 0.304 e. The number of nitrogens with zero attached hydrogens (tertiary/aromatic N) is 1. The number of aliphatic hydroxyl groups is 1. The second kappa shape index (κ2) is 6.21. The van der Waals surface area contributed by atoms with Gasteiger partial charge < -0.3 is 15.1 Å². The van der Waals surface area contributed by atoms with Gasteiger partial charge in [0.1, 0.15) is 5.25 Å². The number of aliphatic hydroxyl groups excluding tert-OH is 1. The molecule has 0 aliphatic heterocycles. The van der Waals surface area contributed by atoms with Gasteiger partial charge in [0.15, 0.2) is 0 Å². The molecular formula is C8H13NO7S. The van der Waals surface area contributed by atoms with Crippen LogP contribution in [-0.2, 0) is 19.7 Å². The highest BCUT2D eigenvalue weighted by atomic mass is 32.2. The number of carbonyl (C=O) groups excluding carboxylic acids is 1. The van der Waals surface area contributed by atoms with Gasteiger partial charge in [0.05, 0.1) is 12.7 Å². The zero-order valence-electron chi connectivity index (χ0n) is 8.98. The molecule has 1 amide bonds. The summed E-state index contributed by atoms with van der Waals surface area (Å²) in [6.07, 6.45) is 0.416. The predicted molar refractivity (Wildman–Crippen MR) is 57.0 cm³/mol. The lowest BCUT2D eigenvalue weighted by Crippen LogP contribution is -2.38. The molecule has 17 heavy (non-hydrogen) atoms. The molecule has 0 aliphatic rings. The van der Waals surface area contributed by atoms with E-state index in [1.165, 1.54) is 7.05 Å². The van der Waals surface area contributed by atoms with E-state index >= 15 is 0 Å². The Morgan fingerprint density at radius 1 is 1.41 bits per heavy atom. The number of rotatable bonds is 6. The van der Waals surface area contributed by atoms with E-state index in [9.17, 15) is 18.0 Å². The minimum absolute atomic E-state index is 0.471. The standard InChI is InChI=1S/C8H13NO7S/c1-9(7(11)2-3-10)5-6(4-8(12)13)17(14,15)16/h2-3,6,10H,4-5H2,1H3,(H,12,13)(H,14,15,16)/b3-2-.